The van der Waals surface area contributed by atoms with Crippen LogP contribution in [0.3, 0.4) is 0 Å². The molecule has 0 aromatic heterocycles. The van der Waals surface area contributed by atoms with E-state index in [2.05, 4.69) is 0 Å². The van der Waals surface area contributed by atoms with Crippen molar-refractivity contribution in [2.45, 2.75) is 37.1 Å². The molecule has 0 radical (unpaired) electrons. The lowest BCUT2D eigenvalue weighted by Gasteiger charge is -2.23. The van der Waals surface area contributed by atoms with Gasteiger partial charge in [0.15, 0.2) is 0 Å². The molecule has 2 aliphatic rings. The van der Waals surface area contributed by atoms with E-state index < -0.39 is 10.0 Å². The van der Waals surface area contributed by atoms with Crippen LogP contribution >= 0.6 is 0 Å². The van der Waals surface area contributed by atoms with Crippen LogP contribution in [0.5, 0.6) is 0 Å². The predicted octanol–water partition coefficient (Wildman–Crippen LogP) is 2.26. The minimum Gasteiger partial charge on any atom is -0.339 e. The number of rotatable bonds is 4. The highest BCUT2D eigenvalue weighted by molar-refractivity contribution is 7.89. The van der Waals surface area contributed by atoms with Gasteiger partial charge in [-0.2, -0.15) is 4.31 Å². The van der Waals surface area contributed by atoms with E-state index in [4.69, 9.17) is 0 Å². The monoisotopic (exact) mass is 334 g/mol. The third-order valence-corrected chi connectivity index (χ3v) is 6.40. The van der Waals surface area contributed by atoms with Gasteiger partial charge in [-0.25, -0.2) is 8.42 Å². The van der Waals surface area contributed by atoms with E-state index in [-0.39, 0.29) is 16.8 Å². The number of carbonyl (C=O) groups is 1. The molecular formula is C17H22N2O3S. The summed E-state index contributed by atoms with van der Waals surface area (Å²) in [4.78, 5) is 14.5. The maximum absolute atomic E-state index is 12.9. The molecule has 3 rings (SSSR count). The zero-order chi connectivity index (χ0) is 16.4. The molecule has 0 aliphatic carbocycles. The molecule has 5 nitrogen and oxygen atoms in total. The molecule has 1 atom stereocenters. The predicted molar refractivity (Wildman–Crippen MR) is 88.7 cm³/mol. The molecule has 0 saturated carbocycles. The van der Waals surface area contributed by atoms with Gasteiger partial charge in [0.05, 0.1) is 4.90 Å². The van der Waals surface area contributed by atoms with E-state index in [0.717, 1.165) is 32.4 Å². The maximum atomic E-state index is 12.9. The summed E-state index contributed by atoms with van der Waals surface area (Å²) in [6.45, 7) is 3.87. The van der Waals surface area contributed by atoms with Gasteiger partial charge in [-0.3, -0.25) is 4.79 Å². The average Bonchev–Trinajstić information content (AvgIpc) is 3.25. The van der Waals surface area contributed by atoms with Crippen LogP contribution in [-0.2, 0) is 10.0 Å². The lowest BCUT2D eigenvalue weighted by atomic mass is 10.2. The van der Waals surface area contributed by atoms with Crippen LogP contribution in [-0.4, -0.2) is 49.2 Å². The van der Waals surface area contributed by atoms with Gasteiger partial charge in [0.25, 0.3) is 5.91 Å². The van der Waals surface area contributed by atoms with E-state index in [1.165, 1.54) is 10.4 Å². The Morgan fingerprint density at radius 3 is 2.70 bits per heavy atom. The van der Waals surface area contributed by atoms with Crippen LogP contribution in [0.25, 0.3) is 0 Å². The Hall–Kier alpha value is -1.66. The zero-order valence-electron chi connectivity index (χ0n) is 13.3. The summed E-state index contributed by atoms with van der Waals surface area (Å²) >= 11 is 0. The van der Waals surface area contributed by atoms with E-state index in [0.29, 0.717) is 12.1 Å². The first-order valence-corrected chi connectivity index (χ1v) is 9.56. The van der Waals surface area contributed by atoms with Crippen LogP contribution in [0.15, 0.2) is 41.3 Å². The molecule has 1 saturated heterocycles. The van der Waals surface area contributed by atoms with Gasteiger partial charge in [-0.15, -0.1) is 0 Å². The molecule has 1 amide bonds. The quantitative estimate of drug-likeness (QED) is 0.794. The van der Waals surface area contributed by atoms with Crippen LogP contribution in [0.4, 0.5) is 0 Å². The topological polar surface area (TPSA) is 57.7 Å². The van der Waals surface area contributed by atoms with Crippen molar-refractivity contribution < 1.29 is 13.2 Å². The van der Waals surface area contributed by atoms with E-state index in [1.54, 1.807) is 23.1 Å². The second-order valence-electron chi connectivity index (χ2n) is 6.01. The highest BCUT2D eigenvalue weighted by Gasteiger charge is 2.32. The molecule has 6 heteroatoms. The normalized spacial score (nSPS) is 22.0. The minimum atomic E-state index is -3.58. The fourth-order valence-electron chi connectivity index (χ4n) is 3.20. The smallest absolute Gasteiger partial charge is 0.253 e. The zero-order valence-corrected chi connectivity index (χ0v) is 14.1. The van der Waals surface area contributed by atoms with Crippen LogP contribution in [0, 0.1) is 0 Å². The number of nitrogens with zero attached hydrogens (tertiary/aromatic N) is 2. The highest BCUT2D eigenvalue weighted by Crippen LogP contribution is 2.25. The molecule has 23 heavy (non-hydrogen) atoms. The van der Waals surface area contributed by atoms with Gasteiger partial charge in [0.1, 0.15) is 0 Å². The Balaban J connectivity index is 1.88. The Morgan fingerprint density at radius 2 is 2.00 bits per heavy atom. The molecule has 2 aliphatic heterocycles. The van der Waals surface area contributed by atoms with E-state index in [9.17, 15) is 13.2 Å². The molecule has 124 valence electrons. The first-order chi connectivity index (χ1) is 11.0. The Labute approximate surface area is 137 Å². The molecule has 1 aromatic rings. The summed E-state index contributed by atoms with van der Waals surface area (Å²) in [5.74, 6) is -0.0776. The van der Waals surface area contributed by atoms with Gasteiger partial charge in [-0.1, -0.05) is 25.1 Å². The van der Waals surface area contributed by atoms with Crippen LogP contribution < -0.4 is 0 Å². The summed E-state index contributed by atoms with van der Waals surface area (Å²) in [6.07, 6.45) is 6.58. The van der Waals surface area contributed by atoms with Crippen LogP contribution in [0.1, 0.15) is 36.5 Å². The second-order valence-corrected chi connectivity index (χ2v) is 7.90. The van der Waals surface area contributed by atoms with Crippen molar-refractivity contribution in [1.82, 2.24) is 9.21 Å². The summed E-state index contributed by atoms with van der Waals surface area (Å²) in [7, 11) is -3.58. The molecule has 0 bridgehead atoms. The summed E-state index contributed by atoms with van der Waals surface area (Å²) in [5.41, 5.74) is 0.452. The first kappa shape index (κ1) is 16.2. The highest BCUT2D eigenvalue weighted by atomic mass is 32.2. The van der Waals surface area contributed by atoms with Gasteiger partial charge < -0.3 is 4.90 Å². The van der Waals surface area contributed by atoms with Crippen molar-refractivity contribution in [1.29, 1.82) is 0 Å². The Bertz CT molecular complexity index is 721. The number of hydrogen-bond acceptors (Lipinski definition) is 3. The molecule has 0 spiro atoms. The minimum absolute atomic E-state index is 0.0776. The number of sulfonamides is 1. The SMILES string of the molecule is CC[C@@H]1C=CCN1S(=O)(=O)c1cccc(C(=O)N2CCCC2)c1. The Morgan fingerprint density at radius 1 is 1.26 bits per heavy atom. The molecule has 2 heterocycles. The van der Waals surface area contributed by atoms with Gasteiger partial charge >= 0.3 is 0 Å². The lowest BCUT2D eigenvalue weighted by molar-refractivity contribution is 0.0792. The van der Waals surface area contributed by atoms with Gasteiger partial charge in [0.2, 0.25) is 10.0 Å². The largest absolute Gasteiger partial charge is 0.339 e. The summed E-state index contributed by atoms with van der Waals surface area (Å²) in [5, 5.41) is 0. The summed E-state index contributed by atoms with van der Waals surface area (Å²) in [6, 6.07) is 6.33. The maximum Gasteiger partial charge on any atom is 0.253 e. The second kappa shape index (κ2) is 6.45. The number of hydrogen-bond donors (Lipinski definition) is 0. The fraction of sp³-hybridized carbons (Fsp3) is 0.471. The van der Waals surface area contributed by atoms with Crippen molar-refractivity contribution in [3.63, 3.8) is 0 Å². The third kappa shape index (κ3) is 3.05. The Kier molecular flexibility index (Phi) is 4.55. The van der Waals surface area contributed by atoms with Crippen molar-refractivity contribution >= 4 is 15.9 Å². The summed E-state index contributed by atoms with van der Waals surface area (Å²) < 4.78 is 27.2. The number of carbonyl (C=O) groups excluding carboxylic acids is 1. The van der Waals surface area contributed by atoms with Crippen molar-refractivity contribution in [2.75, 3.05) is 19.6 Å². The van der Waals surface area contributed by atoms with Crippen molar-refractivity contribution in [3.8, 4) is 0 Å². The van der Waals surface area contributed by atoms with Crippen molar-refractivity contribution in [3.05, 3.63) is 42.0 Å². The first-order valence-electron chi connectivity index (χ1n) is 8.12. The standard InChI is InChI=1S/C17H22N2O3S/c1-2-15-8-6-12-19(15)23(21,22)16-9-5-7-14(13-16)17(20)18-10-3-4-11-18/h5-9,13,15H,2-4,10-12H2,1H3/t15-/m1/s1. The van der Waals surface area contributed by atoms with E-state index >= 15 is 0 Å². The number of benzene rings is 1. The average molecular weight is 334 g/mol. The lowest BCUT2D eigenvalue weighted by Crippen LogP contribution is -2.36. The fourth-order valence-corrected chi connectivity index (χ4v) is 4.85. The molecular weight excluding hydrogens is 312 g/mol. The molecule has 0 N–H and O–H groups in total. The molecule has 1 aromatic carbocycles. The van der Waals surface area contributed by atoms with Crippen molar-refractivity contribution in [2.24, 2.45) is 0 Å². The van der Waals surface area contributed by atoms with Gasteiger partial charge in [0, 0.05) is 31.2 Å². The van der Waals surface area contributed by atoms with Crippen LogP contribution in [0.2, 0.25) is 0 Å². The molecule has 1 fully saturated rings. The third-order valence-electron chi connectivity index (χ3n) is 4.51. The van der Waals surface area contributed by atoms with Gasteiger partial charge in [-0.05, 0) is 37.5 Å². The molecule has 0 unspecified atom stereocenters. The number of likely N-dealkylation sites (tertiary alicyclic amines) is 1. The van der Waals surface area contributed by atoms with E-state index in [1.807, 2.05) is 19.1 Å². The number of amides is 1.